The summed E-state index contributed by atoms with van der Waals surface area (Å²) < 4.78 is 0. The highest BCUT2D eigenvalue weighted by Gasteiger charge is 2.32. The number of nitrogens with two attached hydrogens (primary N) is 2. The lowest BCUT2D eigenvalue weighted by Crippen LogP contribution is -2.60. The maximum atomic E-state index is 9.19. The van der Waals surface area contributed by atoms with Crippen LogP contribution in [0.15, 0.2) is 0 Å². The molecule has 0 amide bonds. The van der Waals surface area contributed by atoms with Gasteiger partial charge in [0.2, 0.25) is 0 Å². The molecule has 10 heavy (non-hydrogen) atoms. The summed E-state index contributed by atoms with van der Waals surface area (Å²) >= 11 is 0. The smallest absolute Gasteiger partial charge is 0.122 e. The molecule has 3 unspecified atom stereocenters. The van der Waals surface area contributed by atoms with Crippen LogP contribution in [-0.2, 0) is 0 Å². The lowest BCUT2D eigenvalue weighted by molar-refractivity contribution is 0.00100. The van der Waals surface area contributed by atoms with Crippen LogP contribution in [0, 0.1) is 0 Å². The number of hydrogen-bond acceptors (Lipinski definition) is 4. The molecule has 0 radical (unpaired) electrons. The van der Waals surface area contributed by atoms with Crippen molar-refractivity contribution in [3.05, 3.63) is 0 Å². The van der Waals surface area contributed by atoms with E-state index < -0.39 is 17.9 Å². The van der Waals surface area contributed by atoms with E-state index in [4.69, 9.17) is 16.6 Å². The Bertz CT molecular complexity index is 104. The highest BCUT2D eigenvalue weighted by Crippen LogP contribution is 2.11. The van der Waals surface area contributed by atoms with Gasteiger partial charge in [-0.15, -0.1) is 0 Å². The van der Waals surface area contributed by atoms with E-state index in [0.717, 1.165) is 0 Å². The predicted molar refractivity (Wildman–Crippen MR) is 39.1 cm³/mol. The number of hydrogen-bond donors (Lipinski definition) is 4. The topological polar surface area (TPSA) is 92.5 Å². The quantitative estimate of drug-likeness (QED) is 0.376. The van der Waals surface area contributed by atoms with Crippen LogP contribution in [0.3, 0.4) is 0 Å². The molecular formula is C6H16N2O2. The minimum absolute atomic E-state index is 0.487. The first-order chi connectivity index (χ1) is 4.42. The van der Waals surface area contributed by atoms with Crippen molar-refractivity contribution in [1.29, 1.82) is 0 Å². The van der Waals surface area contributed by atoms with Gasteiger partial charge in [0.05, 0.1) is 11.6 Å². The molecule has 0 bridgehead atoms. The van der Waals surface area contributed by atoms with E-state index in [-0.39, 0.29) is 0 Å². The zero-order valence-corrected chi connectivity index (χ0v) is 6.41. The maximum Gasteiger partial charge on any atom is 0.122 e. The Morgan fingerprint density at radius 3 is 2.00 bits per heavy atom. The number of aliphatic hydroxyl groups excluding tert-OH is 2. The van der Waals surface area contributed by atoms with Crippen molar-refractivity contribution < 1.29 is 10.2 Å². The van der Waals surface area contributed by atoms with Crippen molar-refractivity contribution >= 4 is 0 Å². The summed E-state index contributed by atoms with van der Waals surface area (Å²) in [5.74, 6) is 0. The Kier molecular flexibility index (Phi) is 3.24. The molecule has 0 aromatic heterocycles. The monoisotopic (exact) mass is 148 g/mol. The Hall–Kier alpha value is -0.160. The normalized spacial score (nSPS) is 23.4. The van der Waals surface area contributed by atoms with E-state index in [1.165, 1.54) is 6.92 Å². The minimum atomic E-state index is -1.18. The molecule has 0 aliphatic carbocycles. The number of rotatable bonds is 3. The zero-order valence-electron chi connectivity index (χ0n) is 6.41. The molecule has 0 spiro atoms. The van der Waals surface area contributed by atoms with Crippen LogP contribution < -0.4 is 11.5 Å². The van der Waals surface area contributed by atoms with Crippen molar-refractivity contribution in [1.82, 2.24) is 0 Å². The van der Waals surface area contributed by atoms with Crippen LogP contribution in [0.5, 0.6) is 0 Å². The average Bonchev–Trinajstić information content (AvgIpc) is 1.86. The van der Waals surface area contributed by atoms with Gasteiger partial charge in [-0.25, -0.2) is 0 Å². The van der Waals surface area contributed by atoms with Crippen molar-refractivity contribution in [2.24, 2.45) is 11.5 Å². The Labute approximate surface area is 60.8 Å². The minimum Gasteiger partial charge on any atom is -0.391 e. The lowest BCUT2D eigenvalue weighted by Gasteiger charge is -2.31. The molecular weight excluding hydrogens is 132 g/mol. The van der Waals surface area contributed by atoms with Gasteiger partial charge >= 0.3 is 0 Å². The van der Waals surface area contributed by atoms with Gasteiger partial charge in [-0.3, -0.25) is 0 Å². The van der Waals surface area contributed by atoms with Crippen LogP contribution in [0.4, 0.5) is 0 Å². The summed E-state index contributed by atoms with van der Waals surface area (Å²) in [6.07, 6.45) is -1.45. The van der Waals surface area contributed by atoms with Crippen LogP contribution in [0.2, 0.25) is 0 Å². The third-order valence-corrected chi connectivity index (χ3v) is 1.74. The van der Waals surface area contributed by atoms with E-state index in [9.17, 15) is 5.11 Å². The van der Waals surface area contributed by atoms with Crippen LogP contribution >= 0.6 is 0 Å². The van der Waals surface area contributed by atoms with Gasteiger partial charge in [0.25, 0.3) is 0 Å². The molecule has 0 saturated carbocycles. The predicted octanol–water partition coefficient (Wildman–Crippen LogP) is -1.25. The lowest BCUT2D eigenvalue weighted by atomic mass is 9.92. The fraction of sp³-hybridized carbons (Fsp3) is 1.00. The first-order valence-corrected chi connectivity index (χ1v) is 3.33. The zero-order chi connectivity index (χ0) is 8.36. The van der Waals surface area contributed by atoms with E-state index in [1.807, 2.05) is 0 Å². The van der Waals surface area contributed by atoms with Crippen LogP contribution in [-0.4, -0.2) is 28.1 Å². The highest BCUT2D eigenvalue weighted by molar-refractivity contribution is 4.90. The molecule has 0 aliphatic heterocycles. The molecule has 4 heteroatoms. The summed E-state index contributed by atoms with van der Waals surface area (Å²) in [5, 5.41) is 18.1. The van der Waals surface area contributed by atoms with Crippen LogP contribution in [0.1, 0.15) is 20.3 Å². The molecule has 6 N–H and O–H groups in total. The van der Waals surface area contributed by atoms with Gasteiger partial charge in [-0.05, 0) is 13.3 Å². The van der Waals surface area contributed by atoms with Crippen LogP contribution in [0.25, 0.3) is 0 Å². The van der Waals surface area contributed by atoms with Gasteiger partial charge < -0.3 is 21.7 Å². The van der Waals surface area contributed by atoms with Crippen molar-refractivity contribution in [2.45, 2.75) is 38.1 Å². The number of aliphatic hydroxyl groups is 2. The standard InChI is InChI=1S/C6H16N2O2/c1-3-4(9)6(2,8)5(7)10/h4-5,9-10H,3,7-8H2,1-2H3. The molecule has 0 fully saturated rings. The third kappa shape index (κ3) is 1.91. The molecule has 0 aromatic carbocycles. The highest BCUT2D eigenvalue weighted by atomic mass is 16.3. The summed E-state index contributed by atoms with van der Waals surface area (Å²) in [5.41, 5.74) is 9.50. The Morgan fingerprint density at radius 2 is 1.90 bits per heavy atom. The van der Waals surface area contributed by atoms with Gasteiger partial charge in [-0.1, -0.05) is 6.92 Å². The molecule has 0 heterocycles. The van der Waals surface area contributed by atoms with Crippen molar-refractivity contribution in [3.8, 4) is 0 Å². The third-order valence-electron chi connectivity index (χ3n) is 1.74. The van der Waals surface area contributed by atoms with Gasteiger partial charge in [0.1, 0.15) is 6.23 Å². The first-order valence-electron chi connectivity index (χ1n) is 3.33. The summed E-state index contributed by atoms with van der Waals surface area (Å²) in [6.45, 7) is 3.30. The fourth-order valence-corrected chi connectivity index (χ4v) is 0.637. The maximum absolute atomic E-state index is 9.19. The fourth-order valence-electron chi connectivity index (χ4n) is 0.637. The van der Waals surface area contributed by atoms with Gasteiger partial charge in [-0.2, -0.15) is 0 Å². The average molecular weight is 148 g/mol. The van der Waals surface area contributed by atoms with E-state index in [1.54, 1.807) is 6.92 Å². The molecule has 0 rings (SSSR count). The second-order valence-corrected chi connectivity index (χ2v) is 2.73. The van der Waals surface area contributed by atoms with E-state index >= 15 is 0 Å². The summed E-state index contributed by atoms with van der Waals surface area (Å²) in [7, 11) is 0. The second-order valence-electron chi connectivity index (χ2n) is 2.73. The molecule has 0 aromatic rings. The van der Waals surface area contributed by atoms with E-state index in [2.05, 4.69) is 0 Å². The molecule has 62 valence electrons. The van der Waals surface area contributed by atoms with Gasteiger partial charge in [0.15, 0.2) is 0 Å². The molecule has 4 nitrogen and oxygen atoms in total. The van der Waals surface area contributed by atoms with Crippen molar-refractivity contribution in [3.63, 3.8) is 0 Å². The second kappa shape index (κ2) is 3.30. The summed E-state index contributed by atoms with van der Waals surface area (Å²) in [4.78, 5) is 0. The van der Waals surface area contributed by atoms with Crippen molar-refractivity contribution in [2.75, 3.05) is 0 Å². The largest absolute Gasteiger partial charge is 0.391 e. The Morgan fingerprint density at radius 1 is 1.50 bits per heavy atom. The first kappa shape index (κ1) is 9.84. The van der Waals surface area contributed by atoms with Gasteiger partial charge in [0, 0.05) is 0 Å². The molecule has 3 atom stereocenters. The Balaban J connectivity index is 4.09. The molecule has 0 saturated heterocycles. The summed E-state index contributed by atoms with van der Waals surface area (Å²) in [6, 6.07) is 0. The van der Waals surface area contributed by atoms with E-state index in [0.29, 0.717) is 6.42 Å². The molecule has 0 aliphatic rings. The SMILES string of the molecule is CCC(O)C(C)(N)C(N)O.